The molecule has 0 heterocycles. The number of amides is 2. The maximum atomic E-state index is 12.0. The third kappa shape index (κ3) is 5.30. The van der Waals surface area contributed by atoms with Crippen LogP contribution >= 0.6 is 31.9 Å². The number of carbonyl (C=O) groups excluding carboxylic acids is 2. The molecule has 1 aromatic rings. The molecule has 20 heavy (non-hydrogen) atoms. The Hall–Kier alpha value is -1.41. The van der Waals surface area contributed by atoms with Gasteiger partial charge in [-0.3, -0.25) is 14.4 Å². The van der Waals surface area contributed by atoms with Crippen LogP contribution in [0.3, 0.4) is 0 Å². The van der Waals surface area contributed by atoms with Crippen molar-refractivity contribution in [1.82, 2.24) is 5.32 Å². The van der Waals surface area contributed by atoms with Crippen molar-refractivity contribution in [3.05, 3.63) is 32.7 Å². The van der Waals surface area contributed by atoms with Gasteiger partial charge in [0.2, 0.25) is 5.91 Å². The Morgan fingerprint density at radius 3 is 2.20 bits per heavy atom. The number of aliphatic carboxylic acids is 1. The monoisotopic (exact) mass is 406 g/mol. The Morgan fingerprint density at radius 2 is 1.75 bits per heavy atom. The molecule has 8 heteroatoms. The van der Waals surface area contributed by atoms with E-state index in [9.17, 15) is 14.4 Å². The maximum Gasteiger partial charge on any atom is 0.303 e. The zero-order chi connectivity index (χ0) is 15.3. The lowest BCUT2D eigenvalue weighted by Gasteiger charge is -2.14. The molecule has 0 aliphatic rings. The number of carboxylic acids is 1. The van der Waals surface area contributed by atoms with Gasteiger partial charge in [0.1, 0.15) is 6.04 Å². The van der Waals surface area contributed by atoms with Crippen LogP contribution in [0.15, 0.2) is 27.1 Å². The fraction of sp³-hybridized carbons (Fsp3) is 0.250. The van der Waals surface area contributed by atoms with E-state index < -0.39 is 23.8 Å². The summed E-state index contributed by atoms with van der Waals surface area (Å²) in [6, 6.07) is 3.90. The molecule has 4 N–H and O–H groups in total. The first-order chi connectivity index (χ1) is 9.29. The van der Waals surface area contributed by atoms with E-state index in [4.69, 9.17) is 10.8 Å². The fourth-order valence-corrected chi connectivity index (χ4v) is 2.77. The van der Waals surface area contributed by atoms with E-state index in [1.807, 2.05) is 0 Å². The summed E-state index contributed by atoms with van der Waals surface area (Å²) in [6.45, 7) is 0. The summed E-state index contributed by atoms with van der Waals surface area (Å²) < 4.78 is 1.39. The standard InChI is InChI=1S/C12H12Br2N2O4/c13-7-3-6(4-8(14)5-7)12(20)16-9(11(15)19)1-2-10(17)18/h3-5,9H,1-2H2,(H2,15,19)(H,16,20)(H,17,18)/t9-/m1/s1. The van der Waals surface area contributed by atoms with Crippen molar-refractivity contribution in [2.75, 3.05) is 0 Å². The topological polar surface area (TPSA) is 109 Å². The van der Waals surface area contributed by atoms with E-state index in [-0.39, 0.29) is 12.8 Å². The van der Waals surface area contributed by atoms with Gasteiger partial charge >= 0.3 is 5.97 Å². The van der Waals surface area contributed by atoms with Gasteiger partial charge in [-0.05, 0) is 24.6 Å². The second-order valence-corrected chi connectivity index (χ2v) is 5.85. The highest BCUT2D eigenvalue weighted by Gasteiger charge is 2.20. The van der Waals surface area contributed by atoms with Gasteiger partial charge in [0.25, 0.3) is 5.91 Å². The number of halogens is 2. The fourth-order valence-electron chi connectivity index (χ4n) is 1.48. The molecule has 0 saturated heterocycles. The molecule has 0 spiro atoms. The van der Waals surface area contributed by atoms with Crippen LogP contribution in [0.25, 0.3) is 0 Å². The van der Waals surface area contributed by atoms with Crippen LogP contribution in [0.5, 0.6) is 0 Å². The minimum Gasteiger partial charge on any atom is -0.481 e. The highest BCUT2D eigenvalue weighted by atomic mass is 79.9. The summed E-state index contributed by atoms with van der Waals surface area (Å²) in [4.78, 5) is 33.7. The lowest BCUT2D eigenvalue weighted by Crippen LogP contribution is -2.44. The number of nitrogens with two attached hydrogens (primary N) is 1. The van der Waals surface area contributed by atoms with Gasteiger partial charge in [0.05, 0.1) is 0 Å². The molecule has 0 aliphatic carbocycles. The molecule has 1 atom stereocenters. The van der Waals surface area contributed by atoms with Gasteiger partial charge in [-0.1, -0.05) is 31.9 Å². The van der Waals surface area contributed by atoms with Crippen molar-refractivity contribution in [2.24, 2.45) is 5.73 Å². The molecule has 1 rings (SSSR count). The lowest BCUT2D eigenvalue weighted by molar-refractivity contribution is -0.137. The lowest BCUT2D eigenvalue weighted by atomic mass is 10.1. The quantitative estimate of drug-likeness (QED) is 0.665. The van der Waals surface area contributed by atoms with E-state index in [0.717, 1.165) is 0 Å². The second kappa shape index (κ2) is 7.39. The third-order valence-corrected chi connectivity index (χ3v) is 3.34. The summed E-state index contributed by atoms with van der Waals surface area (Å²) in [5.74, 6) is -2.33. The van der Waals surface area contributed by atoms with Crippen LogP contribution < -0.4 is 11.1 Å². The van der Waals surface area contributed by atoms with Crippen molar-refractivity contribution in [3.63, 3.8) is 0 Å². The van der Waals surface area contributed by atoms with Crippen LogP contribution in [0.1, 0.15) is 23.2 Å². The predicted molar refractivity (Wildman–Crippen MR) is 79.2 cm³/mol. The molecule has 0 aliphatic heterocycles. The van der Waals surface area contributed by atoms with Gasteiger partial charge in [-0.15, -0.1) is 0 Å². The Bertz CT molecular complexity index is 528. The predicted octanol–water partition coefficient (Wildman–Crippen LogP) is 1.66. The number of carbonyl (C=O) groups is 3. The molecular weight excluding hydrogens is 396 g/mol. The zero-order valence-electron chi connectivity index (χ0n) is 10.2. The SMILES string of the molecule is NC(=O)[C@@H](CCC(=O)O)NC(=O)c1cc(Br)cc(Br)c1. The molecule has 6 nitrogen and oxygen atoms in total. The van der Waals surface area contributed by atoms with Crippen molar-refractivity contribution >= 4 is 49.6 Å². The van der Waals surface area contributed by atoms with Gasteiger partial charge in [-0.2, -0.15) is 0 Å². The number of benzene rings is 1. The van der Waals surface area contributed by atoms with E-state index >= 15 is 0 Å². The van der Waals surface area contributed by atoms with Gasteiger partial charge in [0.15, 0.2) is 0 Å². The van der Waals surface area contributed by atoms with Crippen LogP contribution in [0.2, 0.25) is 0 Å². The number of hydrogen-bond acceptors (Lipinski definition) is 3. The Labute approximate surface area is 132 Å². The van der Waals surface area contributed by atoms with Gasteiger partial charge in [-0.25, -0.2) is 0 Å². The van der Waals surface area contributed by atoms with Gasteiger partial charge in [0, 0.05) is 20.9 Å². The van der Waals surface area contributed by atoms with Crippen LogP contribution in [-0.4, -0.2) is 28.9 Å². The summed E-state index contributed by atoms with van der Waals surface area (Å²) in [5, 5.41) is 11.0. The molecule has 0 bridgehead atoms. The molecule has 0 unspecified atom stereocenters. The summed E-state index contributed by atoms with van der Waals surface area (Å²) in [7, 11) is 0. The largest absolute Gasteiger partial charge is 0.481 e. The number of primary amides is 1. The first-order valence-corrected chi connectivity index (χ1v) is 7.16. The van der Waals surface area contributed by atoms with Crippen molar-refractivity contribution in [1.29, 1.82) is 0 Å². The molecule has 108 valence electrons. The minimum atomic E-state index is -1.06. The average Bonchev–Trinajstić information content (AvgIpc) is 2.32. The van der Waals surface area contributed by atoms with Crippen LogP contribution in [-0.2, 0) is 9.59 Å². The number of rotatable bonds is 6. The summed E-state index contributed by atoms with van der Waals surface area (Å²) in [5.41, 5.74) is 5.47. The van der Waals surface area contributed by atoms with E-state index in [2.05, 4.69) is 37.2 Å². The zero-order valence-corrected chi connectivity index (χ0v) is 13.4. The Balaban J connectivity index is 2.79. The maximum absolute atomic E-state index is 12.0. The molecule has 0 saturated carbocycles. The summed E-state index contributed by atoms with van der Waals surface area (Å²) >= 11 is 6.49. The molecular formula is C12H12Br2N2O4. The smallest absolute Gasteiger partial charge is 0.303 e. The molecule has 1 aromatic carbocycles. The van der Waals surface area contributed by atoms with Gasteiger partial charge < -0.3 is 16.2 Å². The van der Waals surface area contributed by atoms with E-state index in [0.29, 0.717) is 14.5 Å². The summed E-state index contributed by atoms with van der Waals surface area (Å²) in [6.07, 6.45) is -0.304. The molecule has 0 fully saturated rings. The highest BCUT2D eigenvalue weighted by molar-refractivity contribution is 9.11. The molecule has 2 amide bonds. The number of carboxylic acid groups (broad SMARTS) is 1. The van der Waals surface area contributed by atoms with E-state index in [1.54, 1.807) is 18.2 Å². The van der Waals surface area contributed by atoms with Crippen molar-refractivity contribution in [2.45, 2.75) is 18.9 Å². The first-order valence-electron chi connectivity index (χ1n) is 5.57. The van der Waals surface area contributed by atoms with Crippen LogP contribution in [0, 0.1) is 0 Å². The van der Waals surface area contributed by atoms with Crippen molar-refractivity contribution < 1.29 is 19.5 Å². The van der Waals surface area contributed by atoms with E-state index in [1.165, 1.54) is 0 Å². The Kier molecular flexibility index (Phi) is 6.15. The van der Waals surface area contributed by atoms with Crippen molar-refractivity contribution in [3.8, 4) is 0 Å². The molecule has 0 aromatic heterocycles. The molecule has 0 radical (unpaired) electrons. The highest BCUT2D eigenvalue weighted by Crippen LogP contribution is 2.20. The normalized spacial score (nSPS) is 11.7. The first kappa shape index (κ1) is 16.6. The minimum absolute atomic E-state index is 0.0500. The third-order valence-electron chi connectivity index (χ3n) is 2.42. The average molecular weight is 408 g/mol. The van der Waals surface area contributed by atoms with Crippen LogP contribution in [0.4, 0.5) is 0 Å². The second-order valence-electron chi connectivity index (χ2n) is 4.02. The Morgan fingerprint density at radius 1 is 1.20 bits per heavy atom. The number of nitrogens with one attached hydrogen (secondary N) is 1. The number of hydrogen-bond donors (Lipinski definition) is 3.